The van der Waals surface area contributed by atoms with Gasteiger partial charge in [0.15, 0.2) is 39.5 Å². The van der Waals surface area contributed by atoms with Crippen molar-refractivity contribution in [1.82, 2.24) is 10.6 Å². The summed E-state index contributed by atoms with van der Waals surface area (Å²) in [5, 5.41) is 6.53. The molecule has 100 heavy (non-hydrogen) atoms. The minimum Gasteiger partial charge on any atom is -0.490 e. The Hall–Kier alpha value is -5.89. The quantitative estimate of drug-likeness (QED) is 0.0269. The van der Waals surface area contributed by atoms with Gasteiger partial charge in [0.1, 0.15) is 17.3 Å². The van der Waals surface area contributed by atoms with Crippen LogP contribution in [0.5, 0.6) is 0 Å². The molecule has 8 N–H and O–H groups in total. The van der Waals surface area contributed by atoms with Crippen LogP contribution in [0.1, 0.15) is 339 Å². The van der Waals surface area contributed by atoms with Crippen molar-refractivity contribution in [1.29, 1.82) is 0 Å². The Kier molecular flexibility index (Phi) is 359. The van der Waals surface area contributed by atoms with Gasteiger partial charge in [0.25, 0.3) is 0 Å². The number of esters is 4. The van der Waals surface area contributed by atoms with Gasteiger partial charge in [0, 0.05) is 107 Å². The number of nitrogens with two attached hydrogens (primary N) is 3. The number of hydrogen-bond donors (Lipinski definition) is 5. The second kappa shape index (κ2) is 186. The van der Waals surface area contributed by atoms with E-state index in [0.29, 0.717) is 66.8 Å². The van der Waals surface area contributed by atoms with Crippen molar-refractivity contribution in [3.05, 3.63) is 0 Å². The van der Waals surface area contributed by atoms with E-state index in [1.54, 1.807) is 77.0 Å². The Morgan fingerprint density at radius 2 is 0.540 bits per heavy atom. The summed E-state index contributed by atoms with van der Waals surface area (Å²) in [6.45, 7) is 36.6. The van der Waals surface area contributed by atoms with Crippen LogP contribution in [0, 0.1) is 0 Å². The first-order valence-electron chi connectivity index (χ1n) is 28.5. The van der Waals surface area contributed by atoms with Gasteiger partial charge in [-0.25, -0.2) is 0 Å². The van der Waals surface area contributed by atoms with Crippen LogP contribution in [-0.2, 0) is 71.6 Å². The number of nitrogens with one attached hydrogen (secondary N) is 2. The molecule has 0 radical (unpaired) electrons. The Morgan fingerprint density at radius 3 is 0.560 bits per heavy atom. The molecule has 0 aliphatic carbocycles. The number of guanidine groups is 3. The molecule has 0 aliphatic heterocycles. The van der Waals surface area contributed by atoms with Gasteiger partial charge in [-0.15, -0.1) is 0 Å². The van der Waals surface area contributed by atoms with E-state index in [1.807, 2.05) is 41.5 Å². The van der Waals surface area contributed by atoms with Gasteiger partial charge in [-0.2, -0.15) is 0 Å². The van der Waals surface area contributed by atoms with Crippen LogP contribution < -0.4 is 27.8 Å². The third-order valence-electron chi connectivity index (χ3n) is 8.16. The number of Topliss-reactive ketones (excluding diaryl/α,β-unsaturated/α-hetero) is 5. The number of unbranched alkanes of at least 4 members (excludes halogenated alkanes) is 2. The number of nitrogens with zero attached hydrogens (tertiary/aromatic N) is 3. The van der Waals surface area contributed by atoms with E-state index < -0.39 is 0 Å². The number of rotatable bonds is 14. The third kappa shape index (κ3) is 360. The highest BCUT2D eigenvalue weighted by atomic mass is 32.1. The maximum atomic E-state index is 10.2. The van der Waals surface area contributed by atoms with Gasteiger partial charge in [-0.1, -0.05) is 246 Å². The van der Waals surface area contributed by atoms with Crippen LogP contribution in [0.25, 0.3) is 0 Å². The molecule has 0 aromatic heterocycles. The Morgan fingerprint density at radius 1 is 0.330 bits per heavy atom. The third-order valence-corrected chi connectivity index (χ3v) is 9.65. The molecule has 0 amide bonds. The van der Waals surface area contributed by atoms with E-state index >= 15 is 0 Å². The number of thiocarbonyl (C=S) groups is 3. The fourth-order valence-corrected chi connectivity index (χ4v) is 1.68. The number of hydrogen-bond acceptors (Lipinski definition) is 21. The van der Waals surface area contributed by atoms with E-state index in [4.69, 9.17) is 29.4 Å². The maximum absolute atomic E-state index is 10.2. The van der Waals surface area contributed by atoms with E-state index in [-0.39, 0.29) is 163 Å². The average Bonchev–Trinajstić information content (AvgIpc) is 3.54. The molecule has 0 unspecified atom stereocenters. The number of carbonyl (C=O) groups is 9. The Labute approximate surface area is 643 Å². The molecule has 628 valence electrons. The minimum absolute atomic E-state index is 0. The first-order chi connectivity index (χ1) is 39.9. The van der Waals surface area contributed by atoms with Crippen LogP contribution >= 0.6 is 36.7 Å². The summed E-state index contributed by atoms with van der Waals surface area (Å²) in [4.78, 5) is 101. The predicted molar refractivity (Wildman–Crippen MR) is 467 cm³/mol. The van der Waals surface area contributed by atoms with Crippen molar-refractivity contribution < 1.29 is 71.6 Å². The van der Waals surface area contributed by atoms with Crippen molar-refractivity contribution >= 4 is 122 Å². The lowest BCUT2D eigenvalue weighted by Crippen LogP contribution is -2.41. The topological polar surface area (TPSA) is 348 Å². The SMILES string of the molecule is C.C.C.C.C.C.C.C.C.C.C.C.C.C.CCC(=O)C(C)=O.CCC(=O)CC.CCC(=O)OC.CCC(=O)OC.CCC(=S)CC.CCC(=S)OC.CCC(=S)OC.CCC(C)=O.CCC(C)=O.CCCC.CCCC.CN=C(N)NC.CN=C(N)NC(N)=NC.COC(C)=O.COC(C)=O. The van der Waals surface area contributed by atoms with Crippen molar-refractivity contribution in [2.45, 2.75) is 339 Å². The van der Waals surface area contributed by atoms with Gasteiger partial charge < -0.3 is 60.5 Å². The second-order valence-electron chi connectivity index (χ2n) is 15.2. The summed E-state index contributed by atoms with van der Waals surface area (Å²) in [5.41, 5.74) is 15.6. The van der Waals surface area contributed by atoms with Crippen LogP contribution in [0.3, 0.4) is 0 Å². The maximum Gasteiger partial charge on any atom is 0.305 e. The van der Waals surface area contributed by atoms with Gasteiger partial charge in [-0.05, 0) is 56.0 Å². The van der Waals surface area contributed by atoms with Crippen LogP contribution in [0.15, 0.2) is 15.0 Å². The molecule has 0 aromatic rings. The molecule has 23 nitrogen and oxygen atoms in total. The van der Waals surface area contributed by atoms with E-state index in [0.717, 1.165) is 25.7 Å². The largest absolute Gasteiger partial charge is 0.490 e. The minimum atomic E-state index is -0.345. The lowest BCUT2D eigenvalue weighted by molar-refractivity contribution is -0.141. The fraction of sp³-hybridized carbons (Fsp3) is 0.797. The summed E-state index contributed by atoms with van der Waals surface area (Å²) < 4.78 is 26.0. The lowest BCUT2D eigenvalue weighted by Gasteiger charge is -2.00. The highest BCUT2D eigenvalue weighted by Gasteiger charge is 2.01. The number of carbonyl (C=O) groups excluding carboxylic acids is 9. The fourth-order valence-electron chi connectivity index (χ4n) is 1.68. The molecule has 0 heterocycles. The summed E-state index contributed by atoms with van der Waals surface area (Å²) in [5.74, 6) is 0.402. The zero-order valence-electron chi connectivity index (χ0n) is 59.5. The first-order valence-corrected chi connectivity index (χ1v) is 29.7. The lowest BCUT2D eigenvalue weighted by atomic mass is 10.2. The smallest absolute Gasteiger partial charge is 0.305 e. The summed E-state index contributed by atoms with van der Waals surface area (Å²) in [6.07, 6.45) is 13.1. The highest BCUT2D eigenvalue weighted by Crippen LogP contribution is 1.88. The average molecular weight is 1520 g/mol. The normalized spacial score (nSPS) is 7.36. The number of ketones is 5. The molecule has 26 heteroatoms. The van der Waals surface area contributed by atoms with Gasteiger partial charge in [-0.3, -0.25) is 53.9 Å². The van der Waals surface area contributed by atoms with E-state index in [9.17, 15) is 43.2 Å². The second-order valence-corrected chi connectivity index (χ2v) is 16.7. The monoisotopic (exact) mass is 1520 g/mol. The van der Waals surface area contributed by atoms with Crippen molar-refractivity contribution in [3.8, 4) is 0 Å². The van der Waals surface area contributed by atoms with Crippen LogP contribution in [0.4, 0.5) is 0 Å². The molecule has 0 saturated carbocycles. The summed E-state index contributed by atoms with van der Waals surface area (Å²) >= 11 is 14.1. The van der Waals surface area contributed by atoms with E-state index in [2.05, 4.69) is 120 Å². The molecule has 0 spiro atoms. The molecule has 0 bridgehead atoms. The molecule has 0 aromatic carbocycles. The predicted octanol–water partition coefficient (Wildman–Crippen LogP) is 20.4. The molecule has 0 fully saturated rings. The molecular weight excluding hydrogens is 1340 g/mol. The standard InChI is InChI=1S/C5H8O2.C5H10O.C5H10S.C4H11N5.2C4H8O2.2C4H8OS.2C4H8O.2C4H10.C3H9N3.2C3H6O2.14CH4/c1-3-5(7)4(2)6;2*1-3-5(6)4-2;1-7-3(5)9-4(6)8-2;2*1-3-4(5)6-2;2*1-3-4(6)5-2;2*1-3-4(2)5;2*1-3-4-2;1-5-3(4)6-2;2*1-3(4)5-2;;;;;;;;;;;;;;/h3H2,1-2H3;2*3-4H2,1-2H3;1-2H3,(H5,5,6,7,8,9);4*3H2,1-2H3;2*3H2,1-2H3;2*3-4H2,1-2H3;1-2H3,(H3,4,5,6);2*1-2H3;14*1H4. The number of methoxy groups -OCH3 is 6. The Bertz CT molecular complexity index is 1450. The van der Waals surface area contributed by atoms with Crippen molar-refractivity contribution in [2.75, 3.05) is 70.8 Å². The highest BCUT2D eigenvalue weighted by molar-refractivity contribution is 7.80. The Balaban J connectivity index is -0.0000000199. The number of ether oxygens (including phenoxy) is 6. The summed E-state index contributed by atoms with van der Waals surface area (Å²) in [7, 11) is 15.1. The van der Waals surface area contributed by atoms with E-state index in [1.165, 1.54) is 79.8 Å². The molecule has 0 rings (SSSR count). The van der Waals surface area contributed by atoms with Gasteiger partial charge in [0.2, 0.25) is 0 Å². The van der Waals surface area contributed by atoms with Gasteiger partial charge >= 0.3 is 23.9 Å². The number of aliphatic imine (C=N–C) groups is 3. The zero-order chi connectivity index (χ0) is 72.0. The zero-order valence-corrected chi connectivity index (χ0v) is 62.0. The van der Waals surface area contributed by atoms with Crippen molar-refractivity contribution in [3.63, 3.8) is 0 Å². The van der Waals surface area contributed by atoms with Crippen LogP contribution in [-0.4, -0.2) is 156 Å². The van der Waals surface area contributed by atoms with Crippen LogP contribution in [0.2, 0.25) is 0 Å². The molecular formula is C74H184N8O15S3. The molecule has 0 atom stereocenters. The summed E-state index contributed by atoms with van der Waals surface area (Å²) in [6, 6.07) is 0. The van der Waals surface area contributed by atoms with Gasteiger partial charge in [0.05, 0.1) is 42.7 Å². The first kappa shape index (κ1) is 192. The molecule has 0 saturated heterocycles. The molecule has 0 aliphatic rings. The van der Waals surface area contributed by atoms with Crippen molar-refractivity contribution in [2.24, 2.45) is 32.2 Å².